The van der Waals surface area contributed by atoms with Crippen LogP contribution < -0.4 is 4.74 Å². The molecule has 3 aromatic rings. The predicted octanol–water partition coefficient (Wildman–Crippen LogP) is 5.61. The van der Waals surface area contributed by atoms with E-state index in [9.17, 15) is 18.0 Å². The number of carbonyl (C=O) groups excluding carboxylic acids is 1. The van der Waals surface area contributed by atoms with Gasteiger partial charge in [0, 0.05) is 11.6 Å². The van der Waals surface area contributed by atoms with Gasteiger partial charge in [-0.2, -0.15) is 13.2 Å². The average molecular weight is 478 g/mol. The van der Waals surface area contributed by atoms with E-state index in [1.165, 1.54) is 6.07 Å². The van der Waals surface area contributed by atoms with Gasteiger partial charge in [0.2, 0.25) is 11.8 Å². The summed E-state index contributed by atoms with van der Waals surface area (Å²) < 4.78 is 50.1. The van der Waals surface area contributed by atoms with Crippen LogP contribution in [0.1, 0.15) is 36.9 Å². The highest BCUT2D eigenvalue weighted by Gasteiger charge is 2.37. The lowest BCUT2D eigenvalue weighted by Gasteiger charge is -2.30. The molecule has 0 spiro atoms. The van der Waals surface area contributed by atoms with E-state index in [0.717, 1.165) is 42.3 Å². The van der Waals surface area contributed by atoms with E-state index < -0.39 is 17.8 Å². The van der Waals surface area contributed by atoms with Crippen molar-refractivity contribution < 1.29 is 27.1 Å². The highest BCUT2D eigenvalue weighted by Crippen LogP contribution is 2.37. The minimum absolute atomic E-state index is 0.0280. The number of methoxy groups -OCH3 is 1. The van der Waals surface area contributed by atoms with Gasteiger partial charge in [0.25, 0.3) is 5.22 Å². The van der Waals surface area contributed by atoms with Gasteiger partial charge in [-0.1, -0.05) is 23.9 Å². The third-order valence-corrected chi connectivity index (χ3v) is 6.21. The fourth-order valence-electron chi connectivity index (χ4n) is 3.54. The normalized spacial score (nSPS) is 14.7. The summed E-state index contributed by atoms with van der Waals surface area (Å²) in [4.78, 5) is 14.7. The Morgan fingerprint density at radius 3 is 2.58 bits per heavy atom. The van der Waals surface area contributed by atoms with Crippen LogP contribution >= 0.6 is 11.8 Å². The lowest BCUT2D eigenvalue weighted by Crippen LogP contribution is -2.36. The van der Waals surface area contributed by atoms with Gasteiger partial charge in [0.05, 0.1) is 24.5 Å². The van der Waals surface area contributed by atoms with Crippen LogP contribution in [0.25, 0.3) is 11.5 Å². The second kappa shape index (κ2) is 9.46. The highest BCUT2D eigenvalue weighted by molar-refractivity contribution is 7.99. The number of aromatic nitrogens is 2. The van der Waals surface area contributed by atoms with E-state index in [0.29, 0.717) is 17.2 Å². The summed E-state index contributed by atoms with van der Waals surface area (Å²) in [6.07, 6.45) is -2.76. The zero-order chi connectivity index (χ0) is 23.6. The Morgan fingerprint density at radius 1 is 1.21 bits per heavy atom. The fraction of sp³-hybridized carbons (Fsp3) is 0.348. The van der Waals surface area contributed by atoms with Crippen LogP contribution in [0.4, 0.5) is 13.2 Å². The van der Waals surface area contributed by atoms with Gasteiger partial charge in [-0.05, 0) is 61.7 Å². The molecule has 174 valence electrons. The number of hydrogen-bond acceptors (Lipinski definition) is 6. The monoisotopic (exact) mass is 477 g/mol. The first-order valence-corrected chi connectivity index (χ1v) is 11.3. The van der Waals surface area contributed by atoms with Crippen molar-refractivity contribution in [1.29, 1.82) is 0 Å². The van der Waals surface area contributed by atoms with E-state index in [-0.39, 0.29) is 22.9 Å². The topological polar surface area (TPSA) is 68.5 Å². The SMILES string of the molecule is COc1ccc(-c2nnc(SCC(=O)N(C3CC3)C(C)c3cccc(C(F)(F)F)c3)o2)cc1. The van der Waals surface area contributed by atoms with Crippen LogP contribution in [0.3, 0.4) is 0 Å². The van der Waals surface area contributed by atoms with Gasteiger partial charge in [0.15, 0.2) is 0 Å². The van der Waals surface area contributed by atoms with Crippen molar-refractivity contribution >= 4 is 17.7 Å². The van der Waals surface area contributed by atoms with E-state index in [1.807, 2.05) is 0 Å². The summed E-state index contributed by atoms with van der Waals surface area (Å²) in [6, 6.07) is 11.8. The number of benzene rings is 2. The molecule has 2 aromatic carbocycles. The van der Waals surface area contributed by atoms with E-state index in [4.69, 9.17) is 9.15 Å². The number of ether oxygens (including phenoxy) is 1. The maximum absolute atomic E-state index is 13.1. The number of rotatable bonds is 8. The molecule has 6 nitrogen and oxygen atoms in total. The molecule has 1 aliphatic carbocycles. The number of nitrogens with zero attached hydrogens (tertiary/aromatic N) is 3. The number of thioether (sulfide) groups is 1. The Morgan fingerprint density at radius 2 is 1.94 bits per heavy atom. The number of amides is 1. The molecule has 0 aliphatic heterocycles. The van der Waals surface area contributed by atoms with Gasteiger partial charge in [-0.15, -0.1) is 10.2 Å². The zero-order valence-electron chi connectivity index (χ0n) is 18.0. The summed E-state index contributed by atoms with van der Waals surface area (Å²) in [5.74, 6) is 0.887. The van der Waals surface area contributed by atoms with Crippen LogP contribution in [0.15, 0.2) is 58.2 Å². The molecule has 0 saturated heterocycles. The highest BCUT2D eigenvalue weighted by atomic mass is 32.2. The molecule has 33 heavy (non-hydrogen) atoms. The standard InChI is InChI=1S/C23H22F3N3O3S/c1-14(16-4-3-5-17(12-16)23(24,25)26)29(18-8-9-18)20(30)13-33-22-28-27-21(32-22)15-6-10-19(31-2)11-7-15/h3-7,10-12,14,18H,8-9,13H2,1-2H3. The summed E-state index contributed by atoms with van der Waals surface area (Å²) in [5.41, 5.74) is 0.454. The lowest BCUT2D eigenvalue weighted by atomic mass is 10.0. The largest absolute Gasteiger partial charge is 0.497 e. The van der Waals surface area contributed by atoms with Crippen LogP contribution in [-0.4, -0.2) is 39.9 Å². The minimum atomic E-state index is -4.43. The first-order chi connectivity index (χ1) is 15.8. The molecule has 1 fully saturated rings. The number of carbonyl (C=O) groups is 1. The third-order valence-electron chi connectivity index (χ3n) is 5.40. The van der Waals surface area contributed by atoms with Crippen molar-refractivity contribution in [3.05, 3.63) is 59.7 Å². The molecule has 1 heterocycles. The molecule has 1 aliphatic rings. The van der Waals surface area contributed by atoms with E-state index >= 15 is 0 Å². The molecular weight excluding hydrogens is 455 g/mol. The Balaban J connectivity index is 1.43. The summed E-state index contributed by atoms with van der Waals surface area (Å²) in [6.45, 7) is 1.75. The smallest absolute Gasteiger partial charge is 0.416 e. The molecule has 0 N–H and O–H groups in total. The molecule has 10 heteroatoms. The predicted molar refractivity (Wildman–Crippen MR) is 117 cm³/mol. The Hall–Kier alpha value is -3.01. The molecule has 1 atom stereocenters. The van der Waals surface area contributed by atoms with Gasteiger partial charge < -0.3 is 14.1 Å². The molecule has 1 aromatic heterocycles. The van der Waals surface area contributed by atoms with Crippen molar-refractivity contribution in [3.8, 4) is 17.2 Å². The van der Waals surface area contributed by atoms with Crippen molar-refractivity contribution in [2.75, 3.05) is 12.9 Å². The average Bonchev–Trinajstić information content (AvgIpc) is 3.53. The van der Waals surface area contributed by atoms with Crippen LogP contribution in [0.2, 0.25) is 0 Å². The molecule has 0 radical (unpaired) electrons. The number of halogens is 3. The van der Waals surface area contributed by atoms with Gasteiger partial charge >= 0.3 is 6.18 Å². The molecule has 1 unspecified atom stereocenters. The molecule has 0 bridgehead atoms. The third kappa shape index (κ3) is 5.50. The number of alkyl halides is 3. The van der Waals surface area contributed by atoms with Crippen LogP contribution in [-0.2, 0) is 11.0 Å². The molecule has 1 amide bonds. The van der Waals surface area contributed by atoms with Crippen molar-refractivity contribution in [3.63, 3.8) is 0 Å². The van der Waals surface area contributed by atoms with E-state index in [2.05, 4.69) is 10.2 Å². The Kier molecular flexibility index (Phi) is 6.64. The van der Waals surface area contributed by atoms with E-state index in [1.54, 1.807) is 49.3 Å². The molecular formula is C23H22F3N3O3S. The maximum atomic E-state index is 13.1. The Labute approximate surface area is 193 Å². The van der Waals surface area contributed by atoms with Crippen LogP contribution in [0.5, 0.6) is 5.75 Å². The van der Waals surface area contributed by atoms with Crippen molar-refractivity contribution in [1.82, 2.24) is 15.1 Å². The first-order valence-electron chi connectivity index (χ1n) is 10.4. The molecule has 1 saturated carbocycles. The lowest BCUT2D eigenvalue weighted by molar-refractivity contribution is -0.137. The van der Waals surface area contributed by atoms with Gasteiger partial charge in [0.1, 0.15) is 5.75 Å². The quantitative estimate of drug-likeness (QED) is 0.393. The van der Waals surface area contributed by atoms with Crippen molar-refractivity contribution in [2.45, 2.75) is 43.2 Å². The molecule has 4 rings (SSSR count). The van der Waals surface area contributed by atoms with Crippen molar-refractivity contribution in [2.24, 2.45) is 0 Å². The number of hydrogen-bond donors (Lipinski definition) is 0. The first kappa shape index (κ1) is 23.2. The van der Waals surface area contributed by atoms with Gasteiger partial charge in [-0.25, -0.2) is 0 Å². The Bertz CT molecular complexity index is 1110. The second-order valence-corrected chi connectivity index (χ2v) is 8.65. The minimum Gasteiger partial charge on any atom is -0.497 e. The maximum Gasteiger partial charge on any atom is 0.416 e. The second-order valence-electron chi connectivity index (χ2n) is 7.72. The van der Waals surface area contributed by atoms with Gasteiger partial charge in [-0.3, -0.25) is 4.79 Å². The summed E-state index contributed by atoms with van der Waals surface area (Å²) >= 11 is 1.11. The summed E-state index contributed by atoms with van der Waals surface area (Å²) in [7, 11) is 1.58. The zero-order valence-corrected chi connectivity index (χ0v) is 18.8. The summed E-state index contributed by atoms with van der Waals surface area (Å²) in [5, 5.41) is 8.25. The van der Waals surface area contributed by atoms with Crippen LogP contribution in [0, 0.1) is 0 Å². The fourth-order valence-corrected chi connectivity index (χ4v) is 4.17.